The molecule has 0 bridgehead atoms. The van der Waals surface area contributed by atoms with Crippen molar-refractivity contribution in [3.05, 3.63) is 29.8 Å². The number of likely N-dealkylation sites (N-methyl/N-ethyl adjacent to an activating group) is 1. The highest BCUT2D eigenvalue weighted by atomic mass is 79.9. The topological polar surface area (TPSA) is 37.4 Å². The van der Waals surface area contributed by atoms with Gasteiger partial charge in [-0.15, -0.1) is 0 Å². The molecule has 1 aromatic carbocycles. The van der Waals surface area contributed by atoms with E-state index in [1.54, 1.807) is 12.1 Å². The minimum Gasteiger partial charge on any atom is -0.296 e. The van der Waals surface area contributed by atoms with Gasteiger partial charge in [-0.2, -0.15) is 0 Å². The Morgan fingerprint density at radius 2 is 1.81 bits per heavy atom. The molecule has 0 heterocycles. The standard InChI is InChI=1S/C11H16BrNO2S/c1-13(9-12)8-7-10-3-5-11(6-4-10)16(2,14)15/h3-6H,7-9H2,1-2H3. The van der Waals surface area contributed by atoms with Gasteiger partial charge in [0, 0.05) is 12.8 Å². The highest BCUT2D eigenvalue weighted by Gasteiger charge is 2.06. The first kappa shape index (κ1) is 13.7. The maximum Gasteiger partial charge on any atom is 0.175 e. The van der Waals surface area contributed by atoms with Crippen LogP contribution in [0.1, 0.15) is 5.56 Å². The van der Waals surface area contributed by atoms with Gasteiger partial charge in [0.1, 0.15) is 0 Å². The van der Waals surface area contributed by atoms with Gasteiger partial charge in [-0.1, -0.05) is 28.1 Å². The Balaban J connectivity index is 2.66. The van der Waals surface area contributed by atoms with E-state index in [0.29, 0.717) is 4.90 Å². The van der Waals surface area contributed by atoms with Crippen molar-refractivity contribution in [2.45, 2.75) is 11.3 Å². The molecule has 0 aliphatic heterocycles. The van der Waals surface area contributed by atoms with E-state index in [4.69, 9.17) is 0 Å². The molecule has 0 radical (unpaired) electrons. The third kappa shape index (κ3) is 4.23. The predicted molar refractivity (Wildman–Crippen MR) is 69.7 cm³/mol. The van der Waals surface area contributed by atoms with Crippen LogP contribution in [0.2, 0.25) is 0 Å². The molecule has 0 unspecified atom stereocenters. The molecule has 90 valence electrons. The number of benzene rings is 1. The fourth-order valence-corrected chi connectivity index (χ4v) is 2.16. The Kier molecular flexibility index (Phi) is 4.95. The molecule has 0 aliphatic carbocycles. The molecule has 3 nitrogen and oxygen atoms in total. The minimum absolute atomic E-state index is 0.380. The second-order valence-corrected chi connectivity index (χ2v) is 6.38. The summed E-state index contributed by atoms with van der Waals surface area (Å²) in [7, 11) is -1.05. The van der Waals surface area contributed by atoms with E-state index in [2.05, 4.69) is 20.8 Å². The van der Waals surface area contributed by atoms with E-state index in [0.717, 1.165) is 24.0 Å². The van der Waals surface area contributed by atoms with Crippen molar-refractivity contribution in [3.8, 4) is 0 Å². The molecule has 5 heteroatoms. The van der Waals surface area contributed by atoms with Crippen molar-refractivity contribution in [2.24, 2.45) is 0 Å². The van der Waals surface area contributed by atoms with Gasteiger partial charge in [0.2, 0.25) is 0 Å². The quantitative estimate of drug-likeness (QED) is 0.616. The molecule has 0 fully saturated rings. The first-order valence-electron chi connectivity index (χ1n) is 4.97. The van der Waals surface area contributed by atoms with E-state index in [9.17, 15) is 8.42 Å². The van der Waals surface area contributed by atoms with Crippen molar-refractivity contribution >= 4 is 25.8 Å². The van der Waals surface area contributed by atoms with Crippen LogP contribution in [-0.4, -0.2) is 38.6 Å². The van der Waals surface area contributed by atoms with Crippen LogP contribution in [0.4, 0.5) is 0 Å². The third-order valence-corrected chi connectivity index (χ3v) is 4.32. The average Bonchev–Trinajstić information content (AvgIpc) is 2.25. The summed E-state index contributed by atoms with van der Waals surface area (Å²) in [5.41, 5.74) is 1.99. The molecular formula is C11H16BrNO2S. The molecule has 0 amide bonds. The van der Waals surface area contributed by atoms with E-state index in [-0.39, 0.29) is 0 Å². The third-order valence-electron chi connectivity index (χ3n) is 2.34. The van der Waals surface area contributed by atoms with Gasteiger partial charge >= 0.3 is 0 Å². The summed E-state index contributed by atoms with van der Waals surface area (Å²) in [4.78, 5) is 2.52. The summed E-state index contributed by atoms with van der Waals surface area (Å²) in [6.45, 7) is 0.948. The van der Waals surface area contributed by atoms with Crippen LogP contribution in [0.5, 0.6) is 0 Å². The lowest BCUT2D eigenvalue weighted by molar-refractivity contribution is 0.401. The van der Waals surface area contributed by atoms with Crippen LogP contribution in [0.15, 0.2) is 29.2 Å². The lowest BCUT2D eigenvalue weighted by Gasteiger charge is -2.12. The molecule has 0 saturated carbocycles. The molecule has 0 saturated heterocycles. The number of rotatable bonds is 5. The summed E-state index contributed by atoms with van der Waals surface area (Å²) < 4.78 is 22.5. The first-order chi connectivity index (χ1) is 7.43. The zero-order chi connectivity index (χ0) is 12.2. The van der Waals surface area contributed by atoms with Gasteiger partial charge in [0.25, 0.3) is 0 Å². The van der Waals surface area contributed by atoms with Crippen LogP contribution in [0.3, 0.4) is 0 Å². The van der Waals surface area contributed by atoms with Gasteiger partial charge in [-0.05, 0) is 31.2 Å². The first-order valence-corrected chi connectivity index (χ1v) is 7.98. The molecule has 0 atom stereocenters. The number of sulfone groups is 1. The second kappa shape index (κ2) is 5.80. The van der Waals surface area contributed by atoms with E-state index in [1.165, 1.54) is 6.26 Å². The fraction of sp³-hybridized carbons (Fsp3) is 0.455. The number of halogens is 1. The van der Waals surface area contributed by atoms with Crippen LogP contribution in [0, 0.1) is 0 Å². The highest BCUT2D eigenvalue weighted by molar-refractivity contribution is 9.09. The Labute approximate surface area is 106 Å². The number of alkyl halides is 1. The van der Waals surface area contributed by atoms with E-state index >= 15 is 0 Å². The Bertz CT molecular complexity index is 428. The predicted octanol–water partition coefficient (Wildman–Crippen LogP) is 1.92. The van der Waals surface area contributed by atoms with Gasteiger partial charge in [-0.25, -0.2) is 8.42 Å². The summed E-state index contributed by atoms with van der Waals surface area (Å²) in [6, 6.07) is 7.08. The van der Waals surface area contributed by atoms with Gasteiger partial charge in [0.05, 0.1) is 10.3 Å². The Morgan fingerprint density at radius 1 is 1.25 bits per heavy atom. The lowest BCUT2D eigenvalue weighted by atomic mass is 10.1. The molecule has 1 aromatic rings. The van der Waals surface area contributed by atoms with Crippen molar-refractivity contribution in [1.82, 2.24) is 4.90 Å². The van der Waals surface area contributed by atoms with Crippen molar-refractivity contribution in [1.29, 1.82) is 0 Å². The van der Waals surface area contributed by atoms with Gasteiger partial charge in [-0.3, -0.25) is 4.90 Å². The monoisotopic (exact) mass is 305 g/mol. The lowest BCUT2D eigenvalue weighted by Crippen LogP contribution is -2.18. The number of hydrogen-bond donors (Lipinski definition) is 0. The Morgan fingerprint density at radius 3 is 2.25 bits per heavy atom. The molecule has 0 N–H and O–H groups in total. The zero-order valence-corrected chi connectivity index (χ0v) is 11.9. The van der Waals surface area contributed by atoms with E-state index < -0.39 is 9.84 Å². The molecule has 1 rings (SSSR count). The maximum atomic E-state index is 11.2. The van der Waals surface area contributed by atoms with Crippen LogP contribution in [-0.2, 0) is 16.3 Å². The van der Waals surface area contributed by atoms with Crippen molar-refractivity contribution < 1.29 is 8.42 Å². The maximum absolute atomic E-state index is 11.2. The summed E-state index contributed by atoms with van der Waals surface area (Å²) in [5.74, 6) is 0. The highest BCUT2D eigenvalue weighted by Crippen LogP contribution is 2.11. The van der Waals surface area contributed by atoms with Crippen LogP contribution >= 0.6 is 15.9 Å². The molecule has 0 spiro atoms. The molecule has 0 aromatic heterocycles. The number of nitrogens with zero attached hydrogens (tertiary/aromatic N) is 1. The molecule has 0 aliphatic rings. The van der Waals surface area contributed by atoms with Gasteiger partial charge < -0.3 is 0 Å². The van der Waals surface area contributed by atoms with Gasteiger partial charge in [0.15, 0.2) is 9.84 Å². The largest absolute Gasteiger partial charge is 0.296 e. The van der Waals surface area contributed by atoms with Crippen molar-refractivity contribution in [3.63, 3.8) is 0 Å². The average molecular weight is 306 g/mol. The minimum atomic E-state index is -3.07. The SMILES string of the molecule is CN(CBr)CCc1ccc(S(C)(=O)=O)cc1. The second-order valence-electron chi connectivity index (χ2n) is 3.87. The zero-order valence-electron chi connectivity index (χ0n) is 9.48. The van der Waals surface area contributed by atoms with Crippen LogP contribution < -0.4 is 0 Å². The number of hydrogen-bond acceptors (Lipinski definition) is 3. The molecule has 16 heavy (non-hydrogen) atoms. The summed E-state index contributed by atoms with van der Waals surface area (Å²) in [5, 5.41) is 0. The fourth-order valence-electron chi connectivity index (χ4n) is 1.28. The van der Waals surface area contributed by atoms with Crippen LogP contribution in [0.25, 0.3) is 0 Å². The molecular weight excluding hydrogens is 290 g/mol. The summed E-state index contributed by atoms with van der Waals surface area (Å²) >= 11 is 3.37. The summed E-state index contributed by atoms with van der Waals surface area (Å²) in [6.07, 6.45) is 2.15. The normalized spacial score (nSPS) is 12.0. The van der Waals surface area contributed by atoms with Crippen molar-refractivity contribution in [2.75, 3.05) is 25.3 Å². The smallest absolute Gasteiger partial charge is 0.175 e. The Hall–Kier alpha value is -0.390. The van der Waals surface area contributed by atoms with E-state index in [1.807, 2.05) is 19.2 Å².